The van der Waals surface area contributed by atoms with Gasteiger partial charge in [-0.1, -0.05) is 6.92 Å². The molecule has 15 heavy (non-hydrogen) atoms. The minimum atomic E-state index is -0.469. The summed E-state index contributed by atoms with van der Waals surface area (Å²) < 4.78 is 12.7. The van der Waals surface area contributed by atoms with Crippen LogP contribution < -0.4 is 5.32 Å². The molecule has 0 aliphatic rings. The van der Waals surface area contributed by atoms with Crippen molar-refractivity contribution in [3.8, 4) is 0 Å². The van der Waals surface area contributed by atoms with Crippen LogP contribution in [0.1, 0.15) is 19.8 Å². The lowest BCUT2D eigenvalue weighted by Gasteiger charge is -2.09. The van der Waals surface area contributed by atoms with E-state index in [4.69, 9.17) is 5.11 Å². The molecule has 1 aromatic heterocycles. The maximum Gasteiger partial charge on any atom is 0.214 e. The van der Waals surface area contributed by atoms with E-state index in [0.717, 1.165) is 25.1 Å². The monoisotopic (exact) mass is 212 g/mol. The number of hydrogen-bond acceptors (Lipinski definition) is 3. The predicted molar refractivity (Wildman–Crippen MR) is 58.2 cm³/mol. The first-order valence-electron chi connectivity index (χ1n) is 5.18. The van der Waals surface area contributed by atoms with E-state index in [0.29, 0.717) is 5.92 Å². The summed E-state index contributed by atoms with van der Waals surface area (Å²) in [5, 5.41) is 11.9. The second-order valence-electron chi connectivity index (χ2n) is 3.72. The molecule has 0 amide bonds. The Balaban J connectivity index is 2.20. The van der Waals surface area contributed by atoms with Gasteiger partial charge < -0.3 is 10.4 Å². The average molecular weight is 212 g/mol. The number of aliphatic hydroxyl groups excluding tert-OH is 1. The fourth-order valence-corrected chi connectivity index (χ4v) is 1.29. The molecule has 0 aliphatic carbocycles. The molecule has 3 nitrogen and oxygen atoms in total. The van der Waals surface area contributed by atoms with Gasteiger partial charge in [0.2, 0.25) is 5.95 Å². The Bertz CT molecular complexity index is 294. The van der Waals surface area contributed by atoms with Crippen LogP contribution in [-0.2, 0) is 0 Å². The molecule has 2 N–H and O–H groups in total. The second-order valence-corrected chi connectivity index (χ2v) is 3.72. The van der Waals surface area contributed by atoms with Crippen molar-refractivity contribution in [2.24, 2.45) is 5.92 Å². The van der Waals surface area contributed by atoms with Crippen LogP contribution in [-0.4, -0.2) is 23.2 Å². The molecule has 1 atom stereocenters. The topological polar surface area (TPSA) is 45.1 Å². The van der Waals surface area contributed by atoms with Crippen molar-refractivity contribution in [2.75, 3.05) is 18.5 Å². The van der Waals surface area contributed by atoms with Crippen LogP contribution in [0.25, 0.3) is 0 Å². The Hall–Kier alpha value is -1.16. The average Bonchev–Trinajstić information content (AvgIpc) is 2.24. The molecule has 0 aliphatic heterocycles. The number of anilines is 1. The van der Waals surface area contributed by atoms with Crippen LogP contribution in [0.3, 0.4) is 0 Å². The minimum absolute atomic E-state index is 0.226. The number of aromatic nitrogens is 1. The molecular weight excluding hydrogens is 195 g/mol. The Kier molecular flexibility index (Phi) is 5.04. The van der Waals surface area contributed by atoms with Crippen LogP contribution in [0.2, 0.25) is 0 Å². The lowest BCUT2D eigenvalue weighted by Crippen LogP contribution is -2.06. The van der Waals surface area contributed by atoms with E-state index in [1.165, 1.54) is 12.3 Å². The number of halogens is 1. The van der Waals surface area contributed by atoms with Crippen LogP contribution >= 0.6 is 0 Å². The molecule has 0 aromatic carbocycles. The highest BCUT2D eigenvalue weighted by Gasteiger charge is 1.99. The van der Waals surface area contributed by atoms with Crippen molar-refractivity contribution in [3.63, 3.8) is 0 Å². The normalized spacial score (nSPS) is 12.5. The van der Waals surface area contributed by atoms with Gasteiger partial charge >= 0.3 is 0 Å². The third kappa shape index (κ3) is 4.74. The van der Waals surface area contributed by atoms with Crippen molar-refractivity contribution in [2.45, 2.75) is 19.8 Å². The van der Waals surface area contributed by atoms with Gasteiger partial charge in [-0.3, -0.25) is 0 Å². The number of aliphatic hydroxyl groups is 1. The van der Waals surface area contributed by atoms with E-state index in [2.05, 4.69) is 10.3 Å². The first-order valence-corrected chi connectivity index (χ1v) is 5.18. The van der Waals surface area contributed by atoms with Gasteiger partial charge in [0.25, 0.3) is 0 Å². The van der Waals surface area contributed by atoms with E-state index in [9.17, 15) is 4.39 Å². The summed E-state index contributed by atoms with van der Waals surface area (Å²) >= 11 is 0. The highest BCUT2D eigenvalue weighted by molar-refractivity contribution is 5.40. The lowest BCUT2D eigenvalue weighted by atomic mass is 10.1. The molecule has 0 bridgehead atoms. The predicted octanol–water partition coefficient (Wildman–Crippen LogP) is 2.04. The second kappa shape index (κ2) is 6.35. The van der Waals surface area contributed by atoms with Crippen molar-refractivity contribution in [3.05, 3.63) is 24.3 Å². The van der Waals surface area contributed by atoms with E-state index in [1.54, 1.807) is 6.07 Å². The zero-order valence-corrected chi connectivity index (χ0v) is 8.91. The molecular formula is C11H17FN2O. The smallest absolute Gasteiger partial charge is 0.214 e. The van der Waals surface area contributed by atoms with Crippen molar-refractivity contribution < 1.29 is 9.50 Å². The third-order valence-electron chi connectivity index (χ3n) is 2.24. The van der Waals surface area contributed by atoms with E-state index in [1.807, 2.05) is 6.92 Å². The summed E-state index contributed by atoms with van der Waals surface area (Å²) in [5.41, 5.74) is 0.749. The molecule has 0 saturated carbocycles. The third-order valence-corrected chi connectivity index (χ3v) is 2.24. The van der Waals surface area contributed by atoms with Crippen molar-refractivity contribution >= 4 is 5.69 Å². The summed E-state index contributed by atoms with van der Waals surface area (Å²) in [4.78, 5) is 3.47. The van der Waals surface area contributed by atoms with Gasteiger partial charge in [-0.05, 0) is 24.8 Å². The molecule has 0 spiro atoms. The number of nitrogens with zero attached hydrogens (tertiary/aromatic N) is 1. The SMILES string of the molecule is CC(CO)CCCNc1ccnc(F)c1. The van der Waals surface area contributed by atoms with Gasteiger partial charge in [-0.25, -0.2) is 4.98 Å². The number of hydrogen-bond donors (Lipinski definition) is 2. The summed E-state index contributed by atoms with van der Waals surface area (Å²) in [5.74, 6) is -0.135. The molecule has 4 heteroatoms. The van der Waals surface area contributed by atoms with Crippen LogP contribution in [0.5, 0.6) is 0 Å². The molecule has 1 heterocycles. The molecule has 1 unspecified atom stereocenters. The fraction of sp³-hybridized carbons (Fsp3) is 0.545. The summed E-state index contributed by atoms with van der Waals surface area (Å²) in [7, 11) is 0. The zero-order chi connectivity index (χ0) is 11.1. The largest absolute Gasteiger partial charge is 0.396 e. The minimum Gasteiger partial charge on any atom is -0.396 e. The van der Waals surface area contributed by atoms with Gasteiger partial charge in [0.05, 0.1) is 0 Å². The van der Waals surface area contributed by atoms with E-state index < -0.39 is 5.95 Å². The Labute approximate surface area is 89.4 Å². The Morgan fingerprint density at radius 2 is 2.40 bits per heavy atom. The highest BCUT2D eigenvalue weighted by atomic mass is 19.1. The molecule has 1 rings (SSSR count). The van der Waals surface area contributed by atoms with Gasteiger partial charge in [0, 0.05) is 31.1 Å². The van der Waals surface area contributed by atoms with Gasteiger partial charge in [-0.2, -0.15) is 4.39 Å². The van der Waals surface area contributed by atoms with Crippen molar-refractivity contribution in [1.82, 2.24) is 4.98 Å². The van der Waals surface area contributed by atoms with Gasteiger partial charge in [0.1, 0.15) is 0 Å². The van der Waals surface area contributed by atoms with Gasteiger partial charge in [0.15, 0.2) is 0 Å². The van der Waals surface area contributed by atoms with E-state index >= 15 is 0 Å². The molecule has 0 radical (unpaired) electrons. The zero-order valence-electron chi connectivity index (χ0n) is 8.91. The van der Waals surface area contributed by atoms with Gasteiger partial charge in [-0.15, -0.1) is 0 Å². The standard InChI is InChI=1S/C11H17FN2O/c1-9(8-15)3-2-5-13-10-4-6-14-11(12)7-10/h4,6-7,9,15H,2-3,5,8H2,1H3,(H,13,14). The van der Waals surface area contributed by atoms with Crippen LogP contribution in [0.4, 0.5) is 10.1 Å². The van der Waals surface area contributed by atoms with Crippen LogP contribution in [0.15, 0.2) is 18.3 Å². The maximum atomic E-state index is 12.7. The first kappa shape index (κ1) is 11.9. The summed E-state index contributed by atoms with van der Waals surface area (Å²) in [6.45, 7) is 3.02. The molecule has 1 aromatic rings. The number of pyridine rings is 1. The Morgan fingerprint density at radius 1 is 1.60 bits per heavy atom. The van der Waals surface area contributed by atoms with E-state index in [-0.39, 0.29) is 6.61 Å². The van der Waals surface area contributed by atoms with Crippen LogP contribution in [0, 0.1) is 11.9 Å². The quantitative estimate of drug-likeness (QED) is 0.560. The summed E-state index contributed by atoms with van der Waals surface area (Å²) in [6.07, 6.45) is 3.37. The molecule has 84 valence electrons. The Morgan fingerprint density at radius 3 is 3.07 bits per heavy atom. The number of rotatable bonds is 6. The fourth-order valence-electron chi connectivity index (χ4n) is 1.29. The maximum absolute atomic E-state index is 12.7. The molecule has 0 fully saturated rings. The highest BCUT2D eigenvalue weighted by Crippen LogP contribution is 2.08. The summed E-state index contributed by atoms with van der Waals surface area (Å²) in [6, 6.07) is 3.11. The van der Waals surface area contributed by atoms with Crippen molar-refractivity contribution in [1.29, 1.82) is 0 Å². The number of nitrogens with one attached hydrogen (secondary N) is 1. The molecule has 0 saturated heterocycles. The lowest BCUT2D eigenvalue weighted by molar-refractivity contribution is 0.229. The first-order chi connectivity index (χ1) is 7.22.